The molecule has 0 aliphatic carbocycles. The first-order valence-electron chi connectivity index (χ1n) is 9.94. The molecule has 3 aromatic rings. The zero-order valence-corrected chi connectivity index (χ0v) is 17.4. The molecule has 1 aromatic carbocycles. The first-order chi connectivity index (χ1) is 14.9. The molecule has 0 radical (unpaired) electrons. The van der Waals surface area contributed by atoms with Crippen molar-refractivity contribution in [3.05, 3.63) is 76.6 Å². The van der Waals surface area contributed by atoms with Gasteiger partial charge in [-0.25, -0.2) is 0 Å². The van der Waals surface area contributed by atoms with Crippen molar-refractivity contribution in [2.75, 3.05) is 11.5 Å². The molecule has 1 atom stereocenters. The highest BCUT2D eigenvalue weighted by Gasteiger charge is 2.46. The van der Waals surface area contributed by atoms with Crippen LogP contribution in [-0.2, 0) is 4.79 Å². The number of ketones is 1. The van der Waals surface area contributed by atoms with Crippen LogP contribution in [0.25, 0.3) is 0 Å². The second kappa shape index (κ2) is 8.14. The van der Waals surface area contributed by atoms with Crippen LogP contribution in [0.1, 0.15) is 47.0 Å². The van der Waals surface area contributed by atoms with Crippen molar-refractivity contribution in [2.45, 2.75) is 33.2 Å². The van der Waals surface area contributed by atoms with E-state index in [1.54, 1.807) is 50.2 Å². The standard InChI is InChI=1S/C23H22N2O6/c1-4-11-29-16-8-6-15(7-9-16)20-19(21(26)17-10-5-13(2)30-17)22(27)23(28)25(20)18-12-14(3)31-24-18/h5-10,12,20,27H,4,11H2,1-3H3/t20-/m0/s1. The number of ether oxygens (including phenoxy) is 1. The van der Waals surface area contributed by atoms with Gasteiger partial charge in [-0.15, -0.1) is 0 Å². The predicted molar refractivity (Wildman–Crippen MR) is 111 cm³/mol. The molecule has 3 heterocycles. The summed E-state index contributed by atoms with van der Waals surface area (Å²) in [7, 11) is 0. The fourth-order valence-corrected chi connectivity index (χ4v) is 3.51. The molecule has 0 fully saturated rings. The van der Waals surface area contributed by atoms with Crippen molar-refractivity contribution in [1.82, 2.24) is 5.16 Å². The summed E-state index contributed by atoms with van der Waals surface area (Å²) in [5.41, 5.74) is 0.524. The van der Waals surface area contributed by atoms with Crippen LogP contribution in [0.3, 0.4) is 0 Å². The number of benzene rings is 1. The van der Waals surface area contributed by atoms with Crippen molar-refractivity contribution in [3.63, 3.8) is 0 Å². The van der Waals surface area contributed by atoms with E-state index >= 15 is 0 Å². The van der Waals surface area contributed by atoms with Gasteiger partial charge in [-0.1, -0.05) is 24.2 Å². The summed E-state index contributed by atoms with van der Waals surface area (Å²) < 4.78 is 16.2. The zero-order valence-electron chi connectivity index (χ0n) is 17.4. The number of amides is 1. The van der Waals surface area contributed by atoms with Crippen molar-refractivity contribution < 1.29 is 28.4 Å². The molecule has 0 saturated carbocycles. The minimum atomic E-state index is -0.907. The lowest BCUT2D eigenvalue weighted by Gasteiger charge is -2.24. The van der Waals surface area contributed by atoms with Gasteiger partial charge >= 0.3 is 0 Å². The third-order valence-electron chi connectivity index (χ3n) is 4.95. The maximum atomic E-state index is 13.2. The summed E-state index contributed by atoms with van der Waals surface area (Å²) >= 11 is 0. The van der Waals surface area contributed by atoms with Gasteiger partial charge in [-0.05, 0) is 50.1 Å². The summed E-state index contributed by atoms with van der Waals surface area (Å²) in [5.74, 6) is -0.00931. The topological polar surface area (TPSA) is 106 Å². The third-order valence-corrected chi connectivity index (χ3v) is 4.95. The summed E-state index contributed by atoms with van der Waals surface area (Å²) in [6.07, 6.45) is 0.871. The minimum Gasteiger partial charge on any atom is -0.503 e. The Kier molecular flexibility index (Phi) is 5.37. The largest absolute Gasteiger partial charge is 0.503 e. The van der Waals surface area contributed by atoms with E-state index in [2.05, 4.69) is 5.16 Å². The van der Waals surface area contributed by atoms with Gasteiger partial charge < -0.3 is 18.8 Å². The van der Waals surface area contributed by atoms with Crippen molar-refractivity contribution >= 4 is 17.5 Å². The van der Waals surface area contributed by atoms with Crippen molar-refractivity contribution in [2.24, 2.45) is 0 Å². The quantitative estimate of drug-likeness (QED) is 0.561. The van der Waals surface area contributed by atoms with E-state index in [9.17, 15) is 14.7 Å². The fraction of sp³-hybridized carbons (Fsp3) is 0.261. The lowest BCUT2D eigenvalue weighted by atomic mass is 9.95. The molecular weight excluding hydrogens is 400 g/mol. The second-order valence-corrected chi connectivity index (χ2v) is 7.29. The lowest BCUT2D eigenvalue weighted by molar-refractivity contribution is -0.117. The number of rotatable bonds is 7. The molecule has 1 aliphatic rings. The Hall–Kier alpha value is -3.81. The highest BCUT2D eigenvalue weighted by molar-refractivity contribution is 6.19. The number of hydrogen-bond donors (Lipinski definition) is 1. The average molecular weight is 422 g/mol. The van der Waals surface area contributed by atoms with E-state index < -0.39 is 23.5 Å². The van der Waals surface area contributed by atoms with Gasteiger partial charge in [0.2, 0.25) is 5.78 Å². The highest BCUT2D eigenvalue weighted by Crippen LogP contribution is 2.42. The molecule has 0 saturated heterocycles. The third kappa shape index (κ3) is 3.72. The molecule has 160 valence electrons. The number of carbonyl (C=O) groups is 2. The Morgan fingerprint density at radius 1 is 1.16 bits per heavy atom. The lowest BCUT2D eigenvalue weighted by Crippen LogP contribution is -2.31. The van der Waals surface area contributed by atoms with Gasteiger partial charge in [-0.2, -0.15) is 0 Å². The Labute approximate surface area is 178 Å². The van der Waals surface area contributed by atoms with Crippen molar-refractivity contribution in [1.29, 1.82) is 0 Å². The second-order valence-electron chi connectivity index (χ2n) is 7.29. The molecule has 4 rings (SSSR count). The summed E-state index contributed by atoms with van der Waals surface area (Å²) in [6, 6.07) is 10.9. The number of aliphatic hydroxyl groups excluding tert-OH is 1. The fourth-order valence-electron chi connectivity index (χ4n) is 3.51. The Morgan fingerprint density at radius 3 is 2.48 bits per heavy atom. The molecule has 1 amide bonds. The van der Waals surface area contributed by atoms with E-state index in [-0.39, 0.29) is 17.2 Å². The van der Waals surface area contributed by atoms with Crippen LogP contribution in [0, 0.1) is 13.8 Å². The molecule has 0 bridgehead atoms. The van der Waals surface area contributed by atoms with Gasteiger partial charge in [0.1, 0.15) is 17.3 Å². The van der Waals surface area contributed by atoms with E-state index in [1.807, 2.05) is 6.92 Å². The summed E-state index contributed by atoms with van der Waals surface area (Å²) in [4.78, 5) is 27.5. The van der Waals surface area contributed by atoms with Crippen LogP contribution in [0.15, 0.2) is 62.7 Å². The summed E-state index contributed by atoms with van der Waals surface area (Å²) in [6.45, 7) is 5.99. The number of nitrogens with zero attached hydrogens (tertiary/aromatic N) is 2. The molecule has 1 aliphatic heterocycles. The van der Waals surface area contributed by atoms with Crippen LogP contribution >= 0.6 is 0 Å². The van der Waals surface area contributed by atoms with Crippen molar-refractivity contribution in [3.8, 4) is 5.75 Å². The predicted octanol–water partition coefficient (Wildman–Crippen LogP) is 4.46. The van der Waals surface area contributed by atoms with E-state index in [0.29, 0.717) is 29.4 Å². The Bertz CT molecular complexity index is 1150. The molecule has 0 spiro atoms. The van der Waals surface area contributed by atoms with Gasteiger partial charge in [0, 0.05) is 6.07 Å². The molecular formula is C23H22N2O6. The maximum Gasteiger partial charge on any atom is 0.295 e. The van der Waals surface area contributed by atoms with Crippen LogP contribution in [0.5, 0.6) is 5.75 Å². The van der Waals surface area contributed by atoms with Crippen LogP contribution in [0.4, 0.5) is 5.82 Å². The number of Topliss-reactive ketones (excluding diaryl/α,β-unsaturated/α-hetero) is 1. The molecule has 8 nitrogen and oxygen atoms in total. The normalized spacial score (nSPS) is 16.3. The maximum absolute atomic E-state index is 13.2. The Balaban J connectivity index is 1.79. The van der Waals surface area contributed by atoms with Gasteiger partial charge in [0.15, 0.2) is 17.3 Å². The molecule has 2 aromatic heterocycles. The zero-order chi connectivity index (χ0) is 22.1. The van der Waals surface area contributed by atoms with Gasteiger partial charge in [-0.3, -0.25) is 14.5 Å². The summed E-state index contributed by atoms with van der Waals surface area (Å²) in [5, 5.41) is 14.6. The smallest absolute Gasteiger partial charge is 0.295 e. The van der Waals surface area contributed by atoms with Crippen LogP contribution in [-0.4, -0.2) is 28.6 Å². The molecule has 0 unspecified atom stereocenters. The van der Waals surface area contributed by atoms with Gasteiger partial charge in [0.05, 0.1) is 18.2 Å². The number of anilines is 1. The first-order valence-corrected chi connectivity index (χ1v) is 9.94. The molecule has 1 N–H and O–H groups in total. The van der Waals surface area contributed by atoms with E-state index in [4.69, 9.17) is 13.7 Å². The van der Waals surface area contributed by atoms with Gasteiger partial charge in [0.25, 0.3) is 5.91 Å². The SMILES string of the molecule is CCCOc1ccc([C@H]2C(C(=O)c3ccc(C)o3)=C(O)C(=O)N2c2cc(C)on2)cc1. The van der Waals surface area contributed by atoms with Crippen LogP contribution < -0.4 is 9.64 Å². The average Bonchev–Trinajstić information content (AvgIpc) is 3.45. The number of aliphatic hydroxyl groups is 1. The first kappa shape index (κ1) is 20.5. The number of furan rings is 1. The van der Waals surface area contributed by atoms with Crippen LogP contribution in [0.2, 0.25) is 0 Å². The van der Waals surface area contributed by atoms with E-state index in [1.165, 1.54) is 11.0 Å². The molecule has 8 heteroatoms. The van der Waals surface area contributed by atoms with E-state index in [0.717, 1.165) is 6.42 Å². The monoisotopic (exact) mass is 422 g/mol. The number of carbonyl (C=O) groups excluding carboxylic acids is 2. The number of aryl methyl sites for hydroxylation is 2. The highest BCUT2D eigenvalue weighted by atomic mass is 16.5. The Morgan fingerprint density at radius 2 is 1.90 bits per heavy atom. The molecule has 31 heavy (non-hydrogen) atoms. The minimum absolute atomic E-state index is 0.0398. The number of aromatic nitrogens is 1. The number of hydrogen-bond acceptors (Lipinski definition) is 7.